The van der Waals surface area contributed by atoms with Gasteiger partial charge in [-0.2, -0.15) is 9.40 Å². The fourth-order valence-electron chi connectivity index (χ4n) is 2.55. The number of ether oxygens (including phenoxy) is 1. The SMILES string of the molecule is Cc1ccccc1S(=O)(=O)N1CCOC[C@H]1c1ccn[nH]1. The largest absolute Gasteiger partial charge is 0.378 e. The molecule has 1 N–H and O–H groups in total. The molecule has 1 aromatic heterocycles. The van der Waals surface area contributed by atoms with Crippen LogP contribution in [0.2, 0.25) is 0 Å². The summed E-state index contributed by atoms with van der Waals surface area (Å²) >= 11 is 0. The van der Waals surface area contributed by atoms with Crippen molar-refractivity contribution in [3.8, 4) is 0 Å². The molecular weight excluding hydrogens is 290 g/mol. The number of aromatic amines is 1. The van der Waals surface area contributed by atoms with Gasteiger partial charge in [0.2, 0.25) is 10.0 Å². The highest BCUT2D eigenvalue weighted by atomic mass is 32.2. The highest BCUT2D eigenvalue weighted by Crippen LogP contribution is 2.30. The number of morpholine rings is 1. The summed E-state index contributed by atoms with van der Waals surface area (Å²) in [6, 6.07) is 8.43. The minimum absolute atomic E-state index is 0.327. The zero-order chi connectivity index (χ0) is 14.9. The van der Waals surface area contributed by atoms with E-state index in [2.05, 4.69) is 10.2 Å². The number of aryl methyl sites for hydroxylation is 1. The molecule has 1 aliphatic rings. The van der Waals surface area contributed by atoms with Crippen molar-refractivity contribution in [2.45, 2.75) is 17.9 Å². The van der Waals surface area contributed by atoms with Crippen LogP contribution in [0.25, 0.3) is 0 Å². The molecule has 0 bridgehead atoms. The summed E-state index contributed by atoms with van der Waals surface area (Å²) in [5.74, 6) is 0. The summed E-state index contributed by atoms with van der Waals surface area (Å²) in [7, 11) is -3.56. The average Bonchev–Trinajstić information content (AvgIpc) is 3.01. The van der Waals surface area contributed by atoms with Crippen molar-refractivity contribution < 1.29 is 13.2 Å². The van der Waals surface area contributed by atoms with Crippen LogP contribution in [0.3, 0.4) is 0 Å². The Kier molecular flexibility index (Phi) is 3.79. The van der Waals surface area contributed by atoms with Crippen LogP contribution in [0.1, 0.15) is 17.3 Å². The summed E-state index contributed by atoms with van der Waals surface area (Å²) in [6.45, 7) is 2.86. The molecule has 21 heavy (non-hydrogen) atoms. The highest BCUT2D eigenvalue weighted by Gasteiger charge is 2.36. The number of rotatable bonds is 3. The van der Waals surface area contributed by atoms with Crippen molar-refractivity contribution in [3.63, 3.8) is 0 Å². The van der Waals surface area contributed by atoms with E-state index in [4.69, 9.17) is 4.74 Å². The molecule has 0 amide bonds. The highest BCUT2D eigenvalue weighted by molar-refractivity contribution is 7.89. The Labute approximate surface area is 123 Å². The molecular formula is C14H17N3O3S. The van der Waals surface area contributed by atoms with Crippen molar-refractivity contribution in [1.29, 1.82) is 0 Å². The molecule has 3 rings (SSSR count). The van der Waals surface area contributed by atoms with Gasteiger partial charge in [-0.25, -0.2) is 8.42 Å². The topological polar surface area (TPSA) is 75.3 Å². The molecule has 6 nitrogen and oxygen atoms in total. The Morgan fingerprint density at radius 3 is 2.86 bits per heavy atom. The normalized spacial score (nSPS) is 20.5. The minimum atomic E-state index is -3.56. The minimum Gasteiger partial charge on any atom is -0.378 e. The first-order valence-corrected chi connectivity index (χ1v) is 8.19. The van der Waals surface area contributed by atoms with Gasteiger partial charge < -0.3 is 4.74 Å². The van der Waals surface area contributed by atoms with Crippen LogP contribution in [0.4, 0.5) is 0 Å². The Balaban J connectivity index is 2.02. The maximum Gasteiger partial charge on any atom is 0.244 e. The number of sulfonamides is 1. The fraction of sp³-hybridized carbons (Fsp3) is 0.357. The van der Waals surface area contributed by atoms with Crippen molar-refractivity contribution >= 4 is 10.0 Å². The predicted octanol–water partition coefficient (Wildman–Crippen LogP) is 1.48. The van der Waals surface area contributed by atoms with E-state index < -0.39 is 10.0 Å². The van der Waals surface area contributed by atoms with Crippen LogP contribution in [0.15, 0.2) is 41.4 Å². The molecule has 2 heterocycles. The van der Waals surface area contributed by atoms with E-state index in [0.717, 1.165) is 11.3 Å². The van der Waals surface area contributed by atoms with Gasteiger partial charge in [-0.1, -0.05) is 18.2 Å². The first kappa shape index (κ1) is 14.2. The van der Waals surface area contributed by atoms with Gasteiger partial charge >= 0.3 is 0 Å². The van der Waals surface area contributed by atoms with E-state index >= 15 is 0 Å². The number of hydrogen-bond acceptors (Lipinski definition) is 4. The Hall–Kier alpha value is -1.70. The van der Waals surface area contributed by atoms with Gasteiger partial charge in [0.05, 0.1) is 29.8 Å². The predicted molar refractivity (Wildman–Crippen MR) is 77.2 cm³/mol. The summed E-state index contributed by atoms with van der Waals surface area (Å²) in [4.78, 5) is 0.344. The van der Waals surface area contributed by atoms with E-state index in [0.29, 0.717) is 24.7 Å². The van der Waals surface area contributed by atoms with E-state index in [-0.39, 0.29) is 6.04 Å². The number of aromatic nitrogens is 2. The molecule has 112 valence electrons. The second kappa shape index (κ2) is 5.59. The lowest BCUT2D eigenvalue weighted by molar-refractivity contribution is 0.0305. The molecule has 7 heteroatoms. The van der Waals surface area contributed by atoms with Gasteiger partial charge in [0.15, 0.2) is 0 Å². The zero-order valence-corrected chi connectivity index (χ0v) is 12.5. The molecule has 0 unspecified atom stereocenters. The zero-order valence-electron chi connectivity index (χ0n) is 11.7. The standard InChI is InChI=1S/C14H17N3O3S/c1-11-4-2-3-5-14(11)21(18,19)17-8-9-20-10-13(17)12-6-7-15-16-12/h2-7,13H,8-10H2,1H3,(H,15,16)/t13-/m0/s1. The maximum absolute atomic E-state index is 12.9. The van der Waals surface area contributed by atoms with Gasteiger partial charge in [0.25, 0.3) is 0 Å². The number of nitrogens with zero attached hydrogens (tertiary/aromatic N) is 2. The smallest absolute Gasteiger partial charge is 0.244 e. The molecule has 0 saturated carbocycles. The molecule has 2 aromatic rings. The van der Waals surface area contributed by atoms with Gasteiger partial charge in [-0.15, -0.1) is 0 Å². The number of hydrogen-bond donors (Lipinski definition) is 1. The Morgan fingerprint density at radius 1 is 1.33 bits per heavy atom. The van der Waals surface area contributed by atoms with E-state index in [1.54, 1.807) is 37.4 Å². The molecule has 1 saturated heterocycles. The van der Waals surface area contributed by atoms with E-state index in [1.807, 2.05) is 6.07 Å². The third-order valence-corrected chi connectivity index (χ3v) is 5.71. The lowest BCUT2D eigenvalue weighted by Gasteiger charge is -2.34. The van der Waals surface area contributed by atoms with Crippen LogP contribution in [0.5, 0.6) is 0 Å². The molecule has 1 fully saturated rings. The van der Waals surface area contributed by atoms with Gasteiger partial charge in [0.1, 0.15) is 0 Å². The number of nitrogens with one attached hydrogen (secondary N) is 1. The molecule has 0 spiro atoms. The number of benzene rings is 1. The quantitative estimate of drug-likeness (QED) is 0.932. The molecule has 0 aliphatic carbocycles. The monoisotopic (exact) mass is 307 g/mol. The third-order valence-electron chi connectivity index (χ3n) is 3.64. The second-order valence-electron chi connectivity index (χ2n) is 4.98. The Bertz CT molecular complexity index is 713. The summed E-state index contributed by atoms with van der Waals surface area (Å²) < 4.78 is 32.8. The summed E-state index contributed by atoms with van der Waals surface area (Å²) in [5.41, 5.74) is 1.49. The summed E-state index contributed by atoms with van der Waals surface area (Å²) in [5, 5.41) is 6.74. The maximum atomic E-state index is 12.9. The molecule has 0 radical (unpaired) electrons. The average molecular weight is 307 g/mol. The fourth-order valence-corrected chi connectivity index (χ4v) is 4.35. The van der Waals surface area contributed by atoms with Gasteiger partial charge in [0, 0.05) is 12.7 Å². The van der Waals surface area contributed by atoms with Crippen LogP contribution in [-0.2, 0) is 14.8 Å². The first-order valence-electron chi connectivity index (χ1n) is 6.75. The van der Waals surface area contributed by atoms with E-state index in [1.165, 1.54) is 4.31 Å². The van der Waals surface area contributed by atoms with E-state index in [9.17, 15) is 8.42 Å². The van der Waals surface area contributed by atoms with Crippen LogP contribution >= 0.6 is 0 Å². The van der Waals surface area contributed by atoms with Gasteiger partial charge in [-0.05, 0) is 24.6 Å². The Morgan fingerprint density at radius 2 is 2.14 bits per heavy atom. The lowest BCUT2D eigenvalue weighted by Crippen LogP contribution is -2.43. The third kappa shape index (κ3) is 2.59. The number of H-pyrrole nitrogens is 1. The molecule has 1 atom stereocenters. The van der Waals surface area contributed by atoms with Crippen LogP contribution in [0, 0.1) is 6.92 Å². The van der Waals surface area contributed by atoms with Crippen molar-refractivity contribution in [3.05, 3.63) is 47.8 Å². The van der Waals surface area contributed by atoms with Crippen LogP contribution < -0.4 is 0 Å². The lowest BCUT2D eigenvalue weighted by atomic mass is 10.2. The molecule has 1 aliphatic heterocycles. The van der Waals surface area contributed by atoms with Crippen molar-refractivity contribution in [1.82, 2.24) is 14.5 Å². The van der Waals surface area contributed by atoms with Gasteiger partial charge in [-0.3, -0.25) is 5.10 Å². The van der Waals surface area contributed by atoms with Crippen LogP contribution in [-0.4, -0.2) is 42.7 Å². The first-order chi connectivity index (χ1) is 10.1. The summed E-state index contributed by atoms with van der Waals surface area (Å²) in [6.07, 6.45) is 1.61. The van der Waals surface area contributed by atoms with Crippen molar-refractivity contribution in [2.24, 2.45) is 0 Å². The second-order valence-corrected chi connectivity index (χ2v) is 6.84. The van der Waals surface area contributed by atoms with Crippen molar-refractivity contribution in [2.75, 3.05) is 19.8 Å². The molecule has 1 aromatic carbocycles.